The van der Waals surface area contributed by atoms with E-state index in [4.69, 9.17) is 21.1 Å². The van der Waals surface area contributed by atoms with Crippen LogP contribution in [0.15, 0.2) is 28.9 Å². The quantitative estimate of drug-likeness (QED) is 0.209. The van der Waals surface area contributed by atoms with Crippen LogP contribution < -0.4 is 4.90 Å². The van der Waals surface area contributed by atoms with E-state index < -0.39 is 28.3 Å². The Morgan fingerprint density at radius 3 is 2.22 bits per heavy atom. The van der Waals surface area contributed by atoms with E-state index >= 15 is 0 Å². The van der Waals surface area contributed by atoms with Gasteiger partial charge in [0.05, 0.1) is 27.5 Å². The third-order valence-corrected chi connectivity index (χ3v) is 5.19. The van der Waals surface area contributed by atoms with Gasteiger partial charge in [-0.1, -0.05) is 6.07 Å². The normalized spacial score (nSPS) is 11.9. The van der Waals surface area contributed by atoms with Crippen LogP contribution in [0.3, 0.4) is 0 Å². The maximum Gasteiger partial charge on any atom is 0.425 e. The van der Waals surface area contributed by atoms with Gasteiger partial charge in [-0.2, -0.15) is 20.0 Å². The van der Waals surface area contributed by atoms with Gasteiger partial charge in [0.25, 0.3) is 5.69 Å². The zero-order valence-electron chi connectivity index (χ0n) is 20.4. The van der Waals surface area contributed by atoms with Crippen molar-refractivity contribution in [1.82, 2.24) is 19.7 Å². The van der Waals surface area contributed by atoms with Crippen LogP contribution in [0.2, 0.25) is 5.28 Å². The Morgan fingerprint density at radius 2 is 1.69 bits per heavy atom. The Kier molecular flexibility index (Phi) is 7.55. The summed E-state index contributed by atoms with van der Waals surface area (Å²) >= 11 is 9.33. The van der Waals surface area contributed by atoms with Crippen molar-refractivity contribution in [3.8, 4) is 0 Å². The summed E-state index contributed by atoms with van der Waals surface area (Å²) < 4.78 is 12.6. The first-order chi connectivity index (χ1) is 16.6. The molecule has 192 valence electrons. The smallest absolute Gasteiger partial charge is 0.425 e. The van der Waals surface area contributed by atoms with Crippen LogP contribution in [0, 0.1) is 10.1 Å². The Balaban J connectivity index is 2.11. The van der Waals surface area contributed by atoms with Crippen molar-refractivity contribution >= 4 is 62.3 Å². The molecular formula is C22H24BrClN6O6. The van der Waals surface area contributed by atoms with Gasteiger partial charge in [-0.05, 0) is 80.7 Å². The fourth-order valence-corrected chi connectivity index (χ4v) is 3.58. The summed E-state index contributed by atoms with van der Waals surface area (Å²) in [7, 11) is 0. The zero-order chi connectivity index (χ0) is 27.0. The molecule has 0 bridgehead atoms. The number of nitro groups is 1. The summed E-state index contributed by atoms with van der Waals surface area (Å²) in [5, 5.41) is 15.5. The van der Waals surface area contributed by atoms with E-state index in [1.165, 1.54) is 16.9 Å². The van der Waals surface area contributed by atoms with Crippen molar-refractivity contribution in [2.75, 3.05) is 4.90 Å². The number of nitro benzene ring substituents is 1. The number of nitrogens with zero attached hydrogens (tertiary/aromatic N) is 6. The molecule has 0 saturated carbocycles. The number of hydrogen-bond acceptors (Lipinski definition) is 9. The maximum atomic E-state index is 13.1. The van der Waals surface area contributed by atoms with Crippen molar-refractivity contribution in [3.63, 3.8) is 0 Å². The summed E-state index contributed by atoms with van der Waals surface area (Å²) in [6.45, 7) is 9.98. The van der Waals surface area contributed by atoms with Crippen LogP contribution in [0.1, 0.15) is 47.1 Å². The molecule has 0 unspecified atom stereocenters. The van der Waals surface area contributed by atoms with Gasteiger partial charge in [0.1, 0.15) is 11.2 Å². The number of anilines is 1. The molecule has 2 amide bonds. The number of halogens is 2. The van der Waals surface area contributed by atoms with Crippen LogP contribution >= 0.6 is 27.5 Å². The second-order valence-corrected chi connectivity index (χ2v) is 10.9. The van der Waals surface area contributed by atoms with Crippen molar-refractivity contribution in [3.05, 3.63) is 49.8 Å². The molecule has 36 heavy (non-hydrogen) atoms. The van der Waals surface area contributed by atoms with E-state index in [9.17, 15) is 19.7 Å². The van der Waals surface area contributed by atoms with Gasteiger partial charge >= 0.3 is 12.2 Å². The standard InChI is InChI=1S/C22H24BrClN6O6/c1-21(2,3)35-19(31)29(20(32)36-22(4,5)6)17-13-10-25-28(16(13)26-18(24)27-17)11-12-7-8-14(23)15(9-12)30(33)34/h7-10H,11H2,1-6H3. The molecule has 2 aromatic heterocycles. The van der Waals surface area contributed by atoms with Gasteiger partial charge in [0, 0.05) is 6.07 Å². The number of benzene rings is 1. The van der Waals surface area contributed by atoms with Crippen LogP contribution in [-0.2, 0) is 16.0 Å². The molecule has 0 radical (unpaired) electrons. The molecule has 3 rings (SSSR count). The van der Waals surface area contributed by atoms with Crippen molar-refractivity contribution in [1.29, 1.82) is 0 Å². The lowest BCUT2D eigenvalue weighted by Gasteiger charge is -2.28. The minimum absolute atomic E-state index is 0.0866. The summed E-state index contributed by atoms with van der Waals surface area (Å²) in [6.07, 6.45) is -0.691. The highest BCUT2D eigenvalue weighted by molar-refractivity contribution is 9.10. The van der Waals surface area contributed by atoms with Gasteiger partial charge < -0.3 is 9.47 Å². The topological polar surface area (TPSA) is 143 Å². The van der Waals surface area contributed by atoms with Gasteiger partial charge in [-0.25, -0.2) is 14.3 Å². The molecule has 0 spiro atoms. The molecule has 14 heteroatoms. The highest BCUT2D eigenvalue weighted by Crippen LogP contribution is 2.30. The molecule has 0 N–H and O–H groups in total. The summed E-state index contributed by atoms with van der Waals surface area (Å²) in [4.78, 5) is 45.9. The second kappa shape index (κ2) is 9.97. The number of hydrogen-bond donors (Lipinski definition) is 0. The molecule has 0 aliphatic carbocycles. The molecule has 12 nitrogen and oxygen atoms in total. The maximum absolute atomic E-state index is 13.1. The number of rotatable bonds is 4. The molecule has 2 heterocycles. The highest BCUT2D eigenvalue weighted by Gasteiger charge is 2.35. The highest BCUT2D eigenvalue weighted by atomic mass is 79.9. The summed E-state index contributed by atoms with van der Waals surface area (Å²) in [5.41, 5.74) is -1.21. The first-order valence-corrected chi connectivity index (χ1v) is 11.8. The van der Waals surface area contributed by atoms with E-state index in [0.29, 0.717) is 14.9 Å². The van der Waals surface area contributed by atoms with Crippen molar-refractivity contribution < 1.29 is 24.0 Å². The average molecular weight is 584 g/mol. The molecule has 1 aromatic carbocycles. The van der Waals surface area contributed by atoms with Gasteiger partial charge in [0.2, 0.25) is 5.28 Å². The number of amides is 2. The second-order valence-electron chi connectivity index (χ2n) is 9.69. The molecule has 0 atom stereocenters. The van der Waals surface area contributed by atoms with E-state index in [1.54, 1.807) is 53.7 Å². The average Bonchev–Trinajstić information content (AvgIpc) is 3.09. The summed E-state index contributed by atoms with van der Waals surface area (Å²) in [6, 6.07) is 4.64. The van der Waals surface area contributed by atoms with E-state index in [-0.39, 0.29) is 34.4 Å². The first kappa shape index (κ1) is 27.3. The third-order valence-electron chi connectivity index (χ3n) is 4.35. The van der Waals surface area contributed by atoms with Crippen molar-refractivity contribution in [2.45, 2.75) is 59.3 Å². The van der Waals surface area contributed by atoms with Crippen LogP contribution in [0.4, 0.5) is 21.1 Å². The number of imide groups is 1. The molecule has 0 fully saturated rings. The third kappa shape index (κ3) is 6.46. The number of carbonyl (C=O) groups is 2. The number of fused-ring (bicyclic) bond motifs is 1. The molecular weight excluding hydrogens is 560 g/mol. The lowest BCUT2D eigenvalue weighted by molar-refractivity contribution is -0.385. The SMILES string of the molecule is CC(C)(C)OC(=O)N(C(=O)OC(C)(C)C)c1nc(Cl)nc2c1cnn2Cc1ccc(Br)c([N+](=O)[O-])c1. The van der Waals surface area contributed by atoms with Gasteiger partial charge in [-0.3, -0.25) is 10.1 Å². The number of ether oxygens (including phenoxy) is 2. The lowest BCUT2D eigenvalue weighted by atomic mass is 10.2. The van der Waals surface area contributed by atoms with E-state index in [1.807, 2.05) is 0 Å². The van der Waals surface area contributed by atoms with E-state index in [0.717, 1.165) is 0 Å². The largest absolute Gasteiger partial charge is 0.443 e. The monoisotopic (exact) mass is 582 g/mol. The fourth-order valence-electron chi connectivity index (χ4n) is 3.03. The Bertz CT molecular complexity index is 1320. The Hall–Kier alpha value is -3.32. The molecule has 3 aromatic rings. The first-order valence-electron chi connectivity index (χ1n) is 10.6. The Morgan fingerprint density at radius 1 is 1.11 bits per heavy atom. The van der Waals surface area contributed by atoms with Crippen LogP contribution in [0.25, 0.3) is 11.0 Å². The van der Waals surface area contributed by atoms with Gasteiger partial charge in [-0.15, -0.1) is 0 Å². The molecule has 0 aliphatic rings. The zero-order valence-corrected chi connectivity index (χ0v) is 22.7. The fraction of sp³-hybridized carbons (Fsp3) is 0.409. The predicted molar refractivity (Wildman–Crippen MR) is 135 cm³/mol. The summed E-state index contributed by atoms with van der Waals surface area (Å²) in [5.74, 6) is -0.179. The van der Waals surface area contributed by atoms with Gasteiger partial charge in [0.15, 0.2) is 11.5 Å². The number of carbonyl (C=O) groups excluding carboxylic acids is 2. The Labute approximate surface area is 219 Å². The lowest BCUT2D eigenvalue weighted by Crippen LogP contribution is -2.44. The van der Waals surface area contributed by atoms with Crippen molar-refractivity contribution in [2.24, 2.45) is 0 Å². The van der Waals surface area contributed by atoms with Crippen LogP contribution in [-0.4, -0.2) is 48.1 Å². The minimum Gasteiger partial charge on any atom is -0.443 e. The number of aromatic nitrogens is 4. The van der Waals surface area contributed by atoms with Crippen LogP contribution in [0.5, 0.6) is 0 Å². The molecule has 0 saturated heterocycles. The van der Waals surface area contributed by atoms with E-state index in [2.05, 4.69) is 31.0 Å². The predicted octanol–water partition coefficient (Wildman–Crippen LogP) is 5.88. The molecule has 0 aliphatic heterocycles. The minimum atomic E-state index is -1.02.